The minimum Gasteiger partial charge on any atom is -0.482 e. The van der Waals surface area contributed by atoms with Crippen LogP contribution in [0, 0.1) is 0 Å². The van der Waals surface area contributed by atoms with Crippen molar-refractivity contribution in [1.82, 2.24) is 9.38 Å². The lowest BCUT2D eigenvalue weighted by atomic mass is 10.1. The minimum atomic E-state index is -0.142. The summed E-state index contributed by atoms with van der Waals surface area (Å²) < 4.78 is 7.48. The van der Waals surface area contributed by atoms with Crippen molar-refractivity contribution >= 4 is 33.6 Å². The number of rotatable bonds is 2. The van der Waals surface area contributed by atoms with Crippen LogP contribution in [0.15, 0.2) is 54.0 Å². The molecule has 0 bridgehead atoms. The molecule has 1 amide bonds. The van der Waals surface area contributed by atoms with Crippen molar-refractivity contribution < 1.29 is 9.53 Å². The van der Waals surface area contributed by atoms with Crippen LogP contribution in [0.25, 0.3) is 27.5 Å². The highest BCUT2D eigenvalue weighted by molar-refractivity contribution is 7.15. The van der Waals surface area contributed by atoms with Crippen LogP contribution in [0.4, 0.5) is 11.4 Å². The van der Waals surface area contributed by atoms with Crippen molar-refractivity contribution in [2.75, 3.05) is 17.7 Å². The number of hydrogen-bond acceptors (Lipinski definition) is 5. The molecule has 26 heavy (non-hydrogen) atoms. The van der Waals surface area contributed by atoms with E-state index in [1.807, 2.05) is 48.7 Å². The summed E-state index contributed by atoms with van der Waals surface area (Å²) in [6.45, 7) is 0.0557. The number of ether oxygens (including phenoxy) is 1. The van der Waals surface area contributed by atoms with E-state index in [0.717, 1.165) is 27.5 Å². The van der Waals surface area contributed by atoms with Crippen molar-refractivity contribution in [3.05, 3.63) is 54.0 Å². The Hall–Kier alpha value is -3.32. The lowest BCUT2D eigenvalue weighted by Gasteiger charge is -2.18. The predicted molar refractivity (Wildman–Crippen MR) is 102 cm³/mol. The number of nitrogens with one attached hydrogen (secondary N) is 1. The summed E-state index contributed by atoms with van der Waals surface area (Å²) in [5, 5.41) is 4.90. The van der Waals surface area contributed by atoms with Gasteiger partial charge in [0.15, 0.2) is 11.6 Å². The molecule has 6 nitrogen and oxygen atoms in total. The summed E-state index contributed by atoms with van der Waals surface area (Å²) in [7, 11) is 0. The van der Waals surface area contributed by atoms with Crippen molar-refractivity contribution in [3.8, 4) is 28.3 Å². The van der Waals surface area contributed by atoms with Gasteiger partial charge in [-0.2, -0.15) is 0 Å². The number of imidazole rings is 1. The normalized spacial score (nSPS) is 13.3. The second-order valence-electron chi connectivity index (χ2n) is 6.07. The van der Waals surface area contributed by atoms with Gasteiger partial charge in [0.05, 0.1) is 17.1 Å². The van der Waals surface area contributed by atoms with E-state index in [4.69, 9.17) is 15.5 Å². The number of hydrogen-bond donors (Lipinski definition) is 2. The van der Waals surface area contributed by atoms with Gasteiger partial charge in [-0.1, -0.05) is 12.1 Å². The van der Waals surface area contributed by atoms with Crippen molar-refractivity contribution in [2.45, 2.75) is 0 Å². The van der Waals surface area contributed by atoms with Gasteiger partial charge < -0.3 is 15.8 Å². The highest BCUT2D eigenvalue weighted by Crippen LogP contribution is 2.35. The average molecular weight is 362 g/mol. The summed E-state index contributed by atoms with van der Waals surface area (Å²) >= 11 is 1.57. The van der Waals surface area contributed by atoms with Crippen LogP contribution < -0.4 is 15.8 Å². The highest BCUT2D eigenvalue weighted by atomic mass is 32.1. The predicted octanol–water partition coefficient (Wildman–Crippen LogP) is 3.64. The first-order valence-electron chi connectivity index (χ1n) is 8.07. The van der Waals surface area contributed by atoms with Crippen LogP contribution in [-0.4, -0.2) is 21.9 Å². The lowest BCUT2D eigenvalue weighted by molar-refractivity contribution is -0.118. The maximum absolute atomic E-state index is 11.6. The van der Waals surface area contributed by atoms with Gasteiger partial charge in [0.25, 0.3) is 5.91 Å². The number of fused-ring (bicyclic) bond motifs is 2. The quantitative estimate of drug-likeness (QED) is 0.534. The molecule has 0 fully saturated rings. The smallest absolute Gasteiger partial charge is 0.262 e. The maximum Gasteiger partial charge on any atom is 0.262 e. The molecule has 2 aromatic carbocycles. The number of nitrogens with two attached hydrogens (primary N) is 1. The van der Waals surface area contributed by atoms with Crippen LogP contribution in [-0.2, 0) is 4.79 Å². The van der Waals surface area contributed by atoms with Gasteiger partial charge in [-0.05, 0) is 30.3 Å². The van der Waals surface area contributed by atoms with Crippen LogP contribution in [0.1, 0.15) is 0 Å². The molecule has 1 aliphatic rings. The number of amides is 1. The first-order chi connectivity index (χ1) is 12.7. The number of carbonyl (C=O) groups is 1. The van der Waals surface area contributed by atoms with Gasteiger partial charge in [0.2, 0.25) is 0 Å². The Balaban J connectivity index is 1.60. The molecule has 128 valence electrons. The number of carbonyl (C=O) groups excluding carboxylic acids is 1. The van der Waals surface area contributed by atoms with E-state index in [0.29, 0.717) is 17.1 Å². The Labute approximate surface area is 152 Å². The fourth-order valence-electron chi connectivity index (χ4n) is 3.07. The third-order valence-corrected chi connectivity index (χ3v) is 5.14. The maximum atomic E-state index is 11.6. The van der Waals surface area contributed by atoms with Gasteiger partial charge >= 0.3 is 0 Å². The lowest BCUT2D eigenvalue weighted by Crippen LogP contribution is -2.25. The summed E-state index contributed by atoms with van der Waals surface area (Å²) in [5.41, 5.74) is 11.1. The summed E-state index contributed by atoms with van der Waals surface area (Å²) in [6, 6.07) is 13.5. The number of nitrogens with zero attached hydrogens (tertiary/aromatic N) is 2. The van der Waals surface area contributed by atoms with Crippen molar-refractivity contribution in [2.24, 2.45) is 0 Å². The number of benzene rings is 2. The molecule has 5 rings (SSSR count). The molecule has 4 aromatic rings. The van der Waals surface area contributed by atoms with Gasteiger partial charge in [-0.25, -0.2) is 4.98 Å². The zero-order chi connectivity index (χ0) is 17.7. The van der Waals surface area contributed by atoms with Gasteiger partial charge in [0, 0.05) is 28.4 Å². The first-order valence-corrected chi connectivity index (χ1v) is 8.95. The summed E-state index contributed by atoms with van der Waals surface area (Å²) in [4.78, 5) is 17.2. The van der Waals surface area contributed by atoms with E-state index >= 15 is 0 Å². The SMILES string of the molecule is Nc1cccc(-c2cn3c(-c4ccc5c(c4)NC(=O)CO5)csc3n2)c1. The number of nitrogen functional groups attached to an aromatic ring is 1. The van der Waals surface area contributed by atoms with E-state index in [1.54, 1.807) is 11.3 Å². The number of anilines is 2. The standard InChI is InChI=1S/C19H14N4O2S/c20-13-3-1-2-11(6-13)15-8-23-16(10-26-19(23)22-15)12-4-5-17-14(7-12)21-18(24)9-25-17/h1-8,10H,9,20H2,(H,21,24). The second kappa shape index (κ2) is 5.60. The van der Waals surface area contributed by atoms with Crippen LogP contribution in [0.3, 0.4) is 0 Å². The van der Waals surface area contributed by atoms with Crippen molar-refractivity contribution in [3.63, 3.8) is 0 Å². The first kappa shape index (κ1) is 15.0. The average Bonchev–Trinajstić information content (AvgIpc) is 3.21. The molecule has 0 unspecified atom stereocenters. The van der Waals surface area contributed by atoms with Crippen LogP contribution in [0.5, 0.6) is 5.75 Å². The topological polar surface area (TPSA) is 81.7 Å². The fraction of sp³-hybridized carbons (Fsp3) is 0.0526. The molecule has 0 radical (unpaired) electrons. The number of thiazole rings is 1. The molecule has 1 aliphatic heterocycles. The second-order valence-corrected chi connectivity index (χ2v) is 6.91. The molecule has 0 spiro atoms. The molecule has 7 heteroatoms. The zero-order valence-corrected chi connectivity index (χ0v) is 14.4. The molecular weight excluding hydrogens is 348 g/mol. The third-order valence-electron chi connectivity index (χ3n) is 4.30. The Morgan fingerprint density at radius 3 is 3.00 bits per heavy atom. The third kappa shape index (κ3) is 2.41. The largest absolute Gasteiger partial charge is 0.482 e. The van der Waals surface area contributed by atoms with Gasteiger partial charge in [0.1, 0.15) is 5.75 Å². The van der Waals surface area contributed by atoms with E-state index in [2.05, 4.69) is 15.1 Å². The molecule has 0 atom stereocenters. The number of aromatic nitrogens is 2. The summed E-state index contributed by atoms with van der Waals surface area (Å²) in [5.74, 6) is 0.544. The molecular formula is C19H14N4O2S. The van der Waals surface area contributed by atoms with E-state index in [1.165, 1.54) is 0 Å². The Bertz CT molecular complexity index is 1160. The van der Waals surface area contributed by atoms with Gasteiger partial charge in [-0.15, -0.1) is 11.3 Å². The van der Waals surface area contributed by atoms with Gasteiger partial charge in [-0.3, -0.25) is 9.20 Å². The monoisotopic (exact) mass is 362 g/mol. The van der Waals surface area contributed by atoms with Crippen LogP contribution >= 0.6 is 11.3 Å². The Kier molecular flexibility index (Phi) is 3.23. The minimum absolute atomic E-state index is 0.0557. The summed E-state index contributed by atoms with van der Waals surface area (Å²) in [6.07, 6.45) is 2.00. The zero-order valence-electron chi connectivity index (χ0n) is 13.6. The molecule has 2 aromatic heterocycles. The van der Waals surface area contributed by atoms with E-state index in [-0.39, 0.29) is 12.5 Å². The fourth-order valence-corrected chi connectivity index (χ4v) is 3.95. The molecule has 0 aliphatic carbocycles. The van der Waals surface area contributed by atoms with Crippen molar-refractivity contribution in [1.29, 1.82) is 0 Å². The molecule has 0 saturated heterocycles. The van der Waals surface area contributed by atoms with Crippen LogP contribution in [0.2, 0.25) is 0 Å². The molecule has 0 saturated carbocycles. The molecule has 3 heterocycles. The van der Waals surface area contributed by atoms with E-state index in [9.17, 15) is 4.79 Å². The molecule has 3 N–H and O–H groups in total. The Morgan fingerprint density at radius 2 is 2.12 bits per heavy atom. The van der Waals surface area contributed by atoms with E-state index < -0.39 is 0 Å². The Morgan fingerprint density at radius 1 is 1.19 bits per heavy atom. The highest BCUT2D eigenvalue weighted by Gasteiger charge is 2.18.